The number of benzene rings is 3. The highest BCUT2D eigenvalue weighted by atomic mass is 32.2. The van der Waals surface area contributed by atoms with Crippen LogP contribution in [0.2, 0.25) is 0 Å². The SMILES string of the molecule is Cc1ccc(N(Cc2ccc(C(=O)N/N=C\c3ccccc3F)cc2)S(C)(=O)=O)cc1C. The molecule has 3 aromatic carbocycles. The predicted molar refractivity (Wildman–Crippen MR) is 125 cm³/mol. The number of nitrogens with zero attached hydrogens (tertiary/aromatic N) is 2. The minimum atomic E-state index is -3.51. The van der Waals surface area contributed by atoms with E-state index in [1.54, 1.807) is 48.5 Å². The lowest BCUT2D eigenvalue weighted by Crippen LogP contribution is -2.29. The molecule has 0 aliphatic carbocycles. The highest BCUT2D eigenvalue weighted by molar-refractivity contribution is 7.92. The topological polar surface area (TPSA) is 78.8 Å². The standard InChI is InChI=1S/C24H24FN3O3S/c1-17-8-13-22(14-18(17)2)28(32(3,30)31)16-19-9-11-20(12-10-19)24(29)27-26-15-21-6-4-5-7-23(21)25/h4-15H,16H2,1-3H3,(H,27,29)/b26-15-. The lowest BCUT2D eigenvalue weighted by molar-refractivity contribution is 0.0955. The minimum absolute atomic E-state index is 0.134. The van der Waals surface area contributed by atoms with Gasteiger partial charge < -0.3 is 0 Å². The Labute approximate surface area is 187 Å². The molecule has 0 atom stereocenters. The molecule has 0 saturated carbocycles. The number of hydrogen-bond donors (Lipinski definition) is 1. The number of hydrazone groups is 1. The first-order valence-corrected chi connectivity index (χ1v) is 11.7. The maximum absolute atomic E-state index is 13.6. The molecule has 0 aromatic heterocycles. The maximum Gasteiger partial charge on any atom is 0.271 e. The molecule has 3 rings (SSSR count). The lowest BCUT2D eigenvalue weighted by atomic mass is 10.1. The third-order valence-electron chi connectivity index (χ3n) is 5.00. The van der Waals surface area contributed by atoms with Crippen molar-refractivity contribution in [2.75, 3.05) is 10.6 Å². The molecule has 0 spiro atoms. The Morgan fingerprint density at radius 1 is 1.03 bits per heavy atom. The molecule has 3 aromatic rings. The number of hydrogen-bond acceptors (Lipinski definition) is 4. The van der Waals surface area contributed by atoms with Gasteiger partial charge in [-0.3, -0.25) is 9.10 Å². The molecular formula is C24H24FN3O3S. The first-order valence-electron chi connectivity index (χ1n) is 9.87. The van der Waals surface area contributed by atoms with Crippen LogP contribution < -0.4 is 9.73 Å². The first kappa shape index (κ1) is 23.1. The van der Waals surface area contributed by atoms with Gasteiger partial charge >= 0.3 is 0 Å². The number of carbonyl (C=O) groups is 1. The second kappa shape index (κ2) is 9.74. The van der Waals surface area contributed by atoms with Gasteiger partial charge in [-0.2, -0.15) is 5.10 Å². The molecule has 0 bridgehead atoms. The summed E-state index contributed by atoms with van der Waals surface area (Å²) < 4.78 is 39.7. The van der Waals surface area contributed by atoms with Crippen molar-refractivity contribution in [1.29, 1.82) is 0 Å². The summed E-state index contributed by atoms with van der Waals surface area (Å²) in [7, 11) is -3.51. The van der Waals surface area contributed by atoms with Gasteiger partial charge in [0.05, 0.1) is 24.7 Å². The third-order valence-corrected chi connectivity index (χ3v) is 6.14. The third kappa shape index (κ3) is 5.79. The van der Waals surface area contributed by atoms with Crippen LogP contribution in [0.3, 0.4) is 0 Å². The van der Waals surface area contributed by atoms with Gasteiger partial charge in [0.2, 0.25) is 10.0 Å². The number of halogens is 1. The van der Waals surface area contributed by atoms with Crippen LogP contribution in [0.25, 0.3) is 0 Å². The fraction of sp³-hybridized carbons (Fsp3) is 0.167. The molecule has 1 N–H and O–H groups in total. The summed E-state index contributed by atoms with van der Waals surface area (Å²) in [5.74, 6) is -0.896. The summed E-state index contributed by atoms with van der Waals surface area (Å²) in [6.07, 6.45) is 2.40. The summed E-state index contributed by atoms with van der Waals surface area (Å²) in [4.78, 5) is 12.3. The fourth-order valence-electron chi connectivity index (χ4n) is 3.01. The Morgan fingerprint density at radius 3 is 2.34 bits per heavy atom. The number of anilines is 1. The second-order valence-corrected chi connectivity index (χ2v) is 9.36. The van der Waals surface area contributed by atoms with Crippen LogP contribution in [0.15, 0.2) is 71.8 Å². The van der Waals surface area contributed by atoms with Gasteiger partial charge in [-0.25, -0.2) is 18.2 Å². The Kier molecular flexibility index (Phi) is 7.05. The van der Waals surface area contributed by atoms with E-state index in [2.05, 4.69) is 10.5 Å². The zero-order valence-corrected chi connectivity index (χ0v) is 18.9. The lowest BCUT2D eigenvalue weighted by Gasteiger charge is -2.23. The molecule has 0 radical (unpaired) electrons. The molecule has 8 heteroatoms. The van der Waals surface area contributed by atoms with Gasteiger partial charge in [-0.15, -0.1) is 0 Å². The summed E-state index contributed by atoms with van der Waals surface area (Å²) >= 11 is 0. The first-order chi connectivity index (χ1) is 15.1. The fourth-order valence-corrected chi connectivity index (χ4v) is 3.89. The van der Waals surface area contributed by atoms with Gasteiger partial charge in [0.15, 0.2) is 0 Å². The molecule has 0 aliphatic rings. The van der Waals surface area contributed by atoms with Gasteiger partial charge in [0, 0.05) is 11.1 Å². The number of sulfonamides is 1. The van der Waals surface area contributed by atoms with Crippen molar-refractivity contribution in [1.82, 2.24) is 5.43 Å². The van der Waals surface area contributed by atoms with E-state index >= 15 is 0 Å². The van der Waals surface area contributed by atoms with E-state index in [-0.39, 0.29) is 12.1 Å². The summed E-state index contributed by atoms with van der Waals surface area (Å²) in [6.45, 7) is 4.03. The number of nitrogens with one attached hydrogen (secondary N) is 1. The van der Waals surface area contributed by atoms with Gasteiger partial charge in [-0.05, 0) is 60.9 Å². The molecule has 6 nitrogen and oxygen atoms in total. The quantitative estimate of drug-likeness (QED) is 0.431. The average molecular weight is 454 g/mol. The van der Waals surface area contributed by atoms with Crippen molar-refractivity contribution in [2.24, 2.45) is 5.10 Å². The zero-order valence-electron chi connectivity index (χ0n) is 18.0. The Bertz CT molecular complexity index is 1260. The van der Waals surface area contributed by atoms with Gasteiger partial charge in [-0.1, -0.05) is 36.4 Å². The molecule has 32 heavy (non-hydrogen) atoms. The normalized spacial score (nSPS) is 11.5. The van der Waals surface area contributed by atoms with Crippen molar-refractivity contribution < 1.29 is 17.6 Å². The number of carbonyl (C=O) groups excluding carboxylic acids is 1. The van der Waals surface area contributed by atoms with Crippen molar-refractivity contribution in [3.63, 3.8) is 0 Å². The molecular weight excluding hydrogens is 429 g/mol. The molecule has 0 heterocycles. The van der Waals surface area contributed by atoms with E-state index in [0.717, 1.165) is 22.9 Å². The molecule has 0 aliphatic heterocycles. The van der Waals surface area contributed by atoms with Crippen molar-refractivity contribution in [3.8, 4) is 0 Å². The molecule has 1 amide bonds. The minimum Gasteiger partial charge on any atom is -0.267 e. The predicted octanol–water partition coefficient (Wildman–Crippen LogP) is 4.17. The smallest absolute Gasteiger partial charge is 0.267 e. The van der Waals surface area contributed by atoms with E-state index in [0.29, 0.717) is 11.3 Å². The van der Waals surface area contributed by atoms with Crippen LogP contribution in [-0.2, 0) is 16.6 Å². The van der Waals surface area contributed by atoms with E-state index in [1.165, 1.54) is 16.6 Å². The number of rotatable bonds is 7. The average Bonchev–Trinajstić information content (AvgIpc) is 2.75. The van der Waals surface area contributed by atoms with E-state index in [4.69, 9.17) is 0 Å². The van der Waals surface area contributed by atoms with Crippen molar-refractivity contribution in [2.45, 2.75) is 20.4 Å². The summed E-state index contributed by atoms with van der Waals surface area (Å²) in [5, 5.41) is 3.78. The van der Waals surface area contributed by atoms with Crippen LogP contribution in [0.1, 0.15) is 32.6 Å². The van der Waals surface area contributed by atoms with Crippen LogP contribution >= 0.6 is 0 Å². The van der Waals surface area contributed by atoms with E-state index in [9.17, 15) is 17.6 Å². The Hall–Kier alpha value is -3.52. The van der Waals surface area contributed by atoms with Gasteiger partial charge in [0.25, 0.3) is 5.91 Å². The summed E-state index contributed by atoms with van der Waals surface area (Å²) in [6, 6.07) is 18.1. The highest BCUT2D eigenvalue weighted by Gasteiger charge is 2.18. The zero-order chi connectivity index (χ0) is 23.3. The molecule has 0 unspecified atom stereocenters. The van der Waals surface area contributed by atoms with Crippen molar-refractivity contribution >= 4 is 27.8 Å². The Balaban J connectivity index is 1.71. The van der Waals surface area contributed by atoms with Crippen LogP contribution in [0.5, 0.6) is 0 Å². The summed E-state index contributed by atoms with van der Waals surface area (Å²) in [5.41, 5.74) is 6.34. The van der Waals surface area contributed by atoms with Crippen LogP contribution in [-0.4, -0.2) is 26.8 Å². The maximum atomic E-state index is 13.6. The monoisotopic (exact) mass is 453 g/mol. The van der Waals surface area contributed by atoms with E-state index < -0.39 is 21.7 Å². The Morgan fingerprint density at radius 2 is 1.72 bits per heavy atom. The van der Waals surface area contributed by atoms with Gasteiger partial charge in [0.1, 0.15) is 5.82 Å². The van der Waals surface area contributed by atoms with Crippen LogP contribution in [0, 0.1) is 19.7 Å². The largest absolute Gasteiger partial charge is 0.271 e. The number of aryl methyl sites for hydroxylation is 2. The molecule has 0 fully saturated rings. The van der Waals surface area contributed by atoms with Crippen LogP contribution in [0.4, 0.5) is 10.1 Å². The number of amides is 1. The van der Waals surface area contributed by atoms with E-state index in [1.807, 2.05) is 26.0 Å². The van der Waals surface area contributed by atoms with Crippen molar-refractivity contribution in [3.05, 3.63) is 100 Å². The molecule has 0 saturated heterocycles. The second-order valence-electron chi connectivity index (χ2n) is 7.46. The molecule has 166 valence electrons. The highest BCUT2D eigenvalue weighted by Crippen LogP contribution is 2.23.